The zero-order valence-corrected chi connectivity index (χ0v) is 25.9. The largest absolute Gasteiger partial charge is 0.510 e. The summed E-state index contributed by atoms with van der Waals surface area (Å²) in [5, 5.41) is 38.7. The zero-order valence-electron chi connectivity index (χ0n) is 24.3. The number of hydrogen-bond acceptors (Lipinski definition) is 13. The molecular weight excluding hydrogens is 630 g/mol. The Morgan fingerprint density at radius 3 is 2.47 bits per heavy atom. The summed E-state index contributed by atoms with van der Waals surface area (Å²) >= 11 is 7.56. The lowest BCUT2D eigenvalue weighted by Crippen LogP contribution is -2.16. The van der Waals surface area contributed by atoms with E-state index in [-0.39, 0.29) is 36.2 Å². The molecule has 0 unspecified atom stereocenters. The number of aromatic nitrogens is 6. The molecule has 240 valence electrons. The molecule has 17 heteroatoms. The predicted octanol–water partition coefficient (Wildman–Crippen LogP) is 4.80. The van der Waals surface area contributed by atoms with Crippen molar-refractivity contribution in [2.75, 3.05) is 24.7 Å². The Labute approximate surface area is 267 Å². The lowest BCUT2D eigenvalue weighted by molar-refractivity contribution is -0.490. The number of aryl methyl sites for hydroxylation is 1. The van der Waals surface area contributed by atoms with Crippen LogP contribution in [0.4, 0.5) is 4.79 Å². The molecule has 0 aliphatic carbocycles. The maximum atomic E-state index is 11.9. The first-order valence-corrected chi connectivity index (χ1v) is 15.4. The Kier molecular flexibility index (Phi) is 12.7. The molecule has 0 aliphatic rings. The van der Waals surface area contributed by atoms with Gasteiger partial charge in [0.1, 0.15) is 12.4 Å². The van der Waals surface area contributed by atoms with Gasteiger partial charge in [0.15, 0.2) is 10.8 Å². The third-order valence-electron chi connectivity index (χ3n) is 6.37. The molecule has 4 aromatic rings. The van der Waals surface area contributed by atoms with Gasteiger partial charge in [-0.25, -0.2) is 19.4 Å². The fourth-order valence-corrected chi connectivity index (χ4v) is 5.17. The van der Waals surface area contributed by atoms with Crippen LogP contribution < -0.4 is 0 Å². The number of ether oxygens (including phenoxy) is 2. The van der Waals surface area contributed by atoms with E-state index in [0.29, 0.717) is 41.7 Å². The second kappa shape index (κ2) is 16.9. The van der Waals surface area contributed by atoms with Crippen LogP contribution in [0.2, 0.25) is 5.15 Å². The Hall–Kier alpha value is -4.06. The lowest BCUT2D eigenvalue weighted by Gasteiger charge is -2.12. The van der Waals surface area contributed by atoms with Gasteiger partial charge in [0.05, 0.1) is 12.0 Å². The average Bonchev–Trinajstić information content (AvgIpc) is 3.62. The minimum atomic E-state index is -1.12. The van der Waals surface area contributed by atoms with Gasteiger partial charge >= 0.3 is 12.1 Å². The molecule has 0 spiro atoms. The van der Waals surface area contributed by atoms with Gasteiger partial charge in [-0.05, 0) is 28.3 Å². The van der Waals surface area contributed by atoms with Crippen LogP contribution in [0.1, 0.15) is 41.6 Å². The number of carboxylic acids is 1. The molecular formula is C28H32ClN7O8S. The SMILES string of the molecule is CCCCc1nc(Cl)c(C(=O)O)n1Cc1ccc(-c2ccccc2-c2nnn(COC(=O)OCCSCCON(O)O)n2)cc1. The quantitative estimate of drug-likeness (QED) is 0.0795. The summed E-state index contributed by atoms with van der Waals surface area (Å²) in [5.74, 6) is 0.763. The maximum Gasteiger partial charge on any atom is 0.510 e. The molecule has 0 radical (unpaired) electrons. The Morgan fingerprint density at radius 2 is 1.76 bits per heavy atom. The predicted molar refractivity (Wildman–Crippen MR) is 162 cm³/mol. The summed E-state index contributed by atoms with van der Waals surface area (Å²) in [6.45, 7) is 2.23. The number of carboxylic acid groups (broad SMARTS) is 1. The third kappa shape index (κ3) is 9.71. The van der Waals surface area contributed by atoms with E-state index in [9.17, 15) is 14.7 Å². The van der Waals surface area contributed by atoms with E-state index in [2.05, 4.69) is 32.2 Å². The molecule has 2 aromatic heterocycles. The monoisotopic (exact) mass is 661 g/mol. The normalized spacial score (nSPS) is 11.2. The number of imidazole rings is 1. The number of carbonyl (C=O) groups is 2. The van der Waals surface area contributed by atoms with Crippen LogP contribution in [-0.4, -0.2) is 87.5 Å². The minimum absolute atomic E-state index is 0.0140. The molecule has 2 aromatic carbocycles. The van der Waals surface area contributed by atoms with E-state index in [1.165, 1.54) is 11.8 Å². The van der Waals surface area contributed by atoms with Crippen molar-refractivity contribution in [3.8, 4) is 22.5 Å². The van der Waals surface area contributed by atoms with Crippen molar-refractivity contribution < 1.29 is 39.4 Å². The van der Waals surface area contributed by atoms with Crippen molar-refractivity contribution in [2.45, 2.75) is 39.5 Å². The number of nitrogens with zero attached hydrogens (tertiary/aromatic N) is 7. The molecule has 3 N–H and O–H groups in total. The third-order valence-corrected chi connectivity index (χ3v) is 7.54. The van der Waals surface area contributed by atoms with Gasteiger partial charge in [-0.15, -0.1) is 15.0 Å². The van der Waals surface area contributed by atoms with E-state index in [1.54, 1.807) is 4.57 Å². The van der Waals surface area contributed by atoms with E-state index < -0.39 is 12.1 Å². The molecule has 15 nitrogen and oxygen atoms in total. The van der Waals surface area contributed by atoms with Crippen LogP contribution in [0.3, 0.4) is 0 Å². The first-order valence-electron chi connectivity index (χ1n) is 13.9. The summed E-state index contributed by atoms with van der Waals surface area (Å²) in [4.78, 5) is 33.6. The van der Waals surface area contributed by atoms with E-state index in [0.717, 1.165) is 34.3 Å². The molecule has 4 rings (SSSR count). The second-order valence-corrected chi connectivity index (χ2v) is 11.0. The van der Waals surface area contributed by atoms with E-state index >= 15 is 0 Å². The lowest BCUT2D eigenvalue weighted by atomic mass is 9.98. The van der Waals surface area contributed by atoms with Gasteiger partial charge in [0.25, 0.3) is 0 Å². The van der Waals surface area contributed by atoms with Gasteiger partial charge < -0.3 is 19.1 Å². The van der Waals surface area contributed by atoms with Gasteiger partial charge in [0, 0.05) is 30.0 Å². The number of hydrogen-bond donors (Lipinski definition) is 3. The number of tetrazole rings is 1. The van der Waals surface area contributed by atoms with E-state index in [1.807, 2.05) is 48.5 Å². The number of halogens is 1. The molecule has 0 bridgehead atoms. The summed E-state index contributed by atoms with van der Waals surface area (Å²) in [6, 6.07) is 15.2. The zero-order chi connectivity index (χ0) is 32.2. The molecule has 0 fully saturated rings. The van der Waals surface area contributed by atoms with Gasteiger partial charge in [-0.2, -0.15) is 11.8 Å². The molecule has 0 saturated heterocycles. The number of carbonyl (C=O) groups excluding carboxylic acids is 1. The Morgan fingerprint density at radius 1 is 1.02 bits per heavy atom. The van der Waals surface area contributed by atoms with E-state index in [4.69, 9.17) is 31.5 Å². The highest BCUT2D eigenvalue weighted by atomic mass is 35.5. The molecule has 2 heterocycles. The number of thioether (sulfide) groups is 1. The Bertz CT molecular complexity index is 1560. The maximum absolute atomic E-state index is 11.9. The van der Waals surface area contributed by atoms with Crippen molar-refractivity contribution in [1.29, 1.82) is 0 Å². The first-order chi connectivity index (χ1) is 21.8. The summed E-state index contributed by atoms with van der Waals surface area (Å²) in [5.41, 5.74) is 3.30. The van der Waals surface area contributed by atoms with Crippen molar-refractivity contribution in [2.24, 2.45) is 0 Å². The van der Waals surface area contributed by atoms with Crippen LogP contribution >= 0.6 is 23.4 Å². The molecule has 0 saturated carbocycles. The van der Waals surface area contributed by atoms with Crippen LogP contribution in [-0.2, 0) is 34.0 Å². The highest BCUT2D eigenvalue weighted by Crippen LogP contribution is 2.30. The first kappa shape index (κ1) is 33.8. The van der Waals surface area contributed by atoms with Gasteiger partial charge in [-0.3, -0.25) is 10.4 Å². The highest BCUT2D eigenvalue weighted by molar-refractivity contribution is 7.99. The van der Waals surface area contributed by atoms with Crippen molar-refractivity contribution in [3.63, 3.8) is 0 Å². The standard InChI is InChI=1S/C28H32ClN7O8S/c1-2-3-8-23-30-25(29)24(27(37)38)34(23)17-19-9-11-20(12-10-19)21-6-4-5-7-22(21)26-31-33-35(32-26)18-43-28(39)42-13-15-45-16-14-44-36(40)41/h4-7,9-12,40-41H,2-3,8,13-18H2,1H3,(H,37,38). The van der Waals surface area contributed by atoms with Gasteiger partial charge in [-0.1, -0.05) is 73.5 Å². The molecule has 45 heavy (non-hydrogen) atoms. The second-order valence-electron chi connectivity index (χ2n) is 9.46. The fraction of sp³-hybridized carbons (Fsp3) is 0.357. The number of aromatic carboxylic acids is 1. The summed E-state index contributed by atoms with van der Waals surface area (Å²) in [6.07, 6.45) is 1.55. The van der Waals surface area contributed by atoms with Crippen LogP contribution in [0.25, 0.3) is 22.5 Å². The van der Waals surface area contributed by atoms with Crippen LogP contribution in [0, 0.1) is 0 Å². The highest BCUT2D eigenvalue weighted by Gasteiger charge is 2.21. The van der Waals surface area contributed by atoms with Gasteiger partial charge in [0.2, 0.25) is 12.6 Å². The van der Waals surface area contributed by atoms with Crippen molar-refractivity contribution >= 4 is 35.5 Å². The average molecular weight is 662 g/mol. The van der Waals surface area contributed by atoms with Crippen molar-refractivity contribution in [3.05, 3.63) is 70.8 Å². The fourth-order valence-electron chi connectivity index (χ4n) is 4.29. The summed E-state index contributed by atoms with van der Waals surface area (Å²) in [7, 11) is 0. The molecule has 0 atom stereocenters. The van der Waals surface area contributed by atoms with Crippen LogP contribution in [0.5, 0.6) is 0 Å². The van der Waals surface area contributed by atoms with Crippen LogP contribution in [0.15, 0.2) is 48.5 Å². The van der Waals surface area contributed by atoms with Crippen molar-refractivity contribution in [1.82, 2.24) is 35.1 Å². The Balaban J connectivity index is 1.37. The topological polar surface area (TPSA) is 187 Å². The number of unbranched alkanes of at least 4 members (excludes halogenated alkanes) is 1. The molecule has 0 amide bonds. The smallest absolute Gasteiger partial charge is 0.476 e. The molecule has 0 aliphatic heterocycles. The number of rotatable bonds is 17. The summed E-state index contributed by atoms with van der Waals surface area (Å²) < 4.78 is 11.7. The minimum Gasteiger partial charge on any atom is -0.476 e. The number of benzene rings is 2.